The first-order valence-electron chi connectivity index (χ1n) is 5.84. The van der Waals surface area contributed by atoms with E-state index in [1.165, 1.54) is 39.5 Å². The van der Waals surface area contributed by atoms with Crippen molar-refractivity contribution in [1.29, 1.82) is 0 Å². The van der Waals surface area contributed by atoms with Gasteiger partial charge in [0.15, 0.2) is 0 Å². The lowest BCUT2D eigenvalue weighted by atomic mass is 10.1. The standard InChI is InChI=1S/C10H11NO4.C2H6N2O3S/c1-14-9(12)6-3-4-7(8(11)5-6)10(13)15-2;1-4-2(3)8(5,6)7/h3-5H,11H2,1-2H3;1H3,(H2,3,4)(H,5,6,7). The van der Waals surface area contributed by atoms with Crippen molar-refractivity contribution in [3.63, 3.8) is 0 Å². The van der Waals surface area contributed by atoms with E-state index >= 15 is 0 Å². The van der Waals surface area contributed by atoms with E-state index in [1.807, 2.05) is 0 Å². The number of hydrogen-bond acceptors (Lipinski definition) is 8. The summed E-state index contributed by atoms with van der Waals surface area (Å²) in [6, 6.07) is 4.25. The van der Waals surface area contributed by atoms with Crippen molar-refractivity contribution in [2.45, 2.75) is 0 Å². The number of hydrogen-bond donors (Lipinski definition) is 3. The molecule has 0 fully saturated rings. The third-order valence-electron chi connectivity index (χ3n) is 2.36. The van der Waals surface area contributed by atoms with Crippen molar-refractivity contribution in [2.24, 2.45) is 10.7 Å². The van der Waals surface area contributed by atoms with Crippen molar-refractivity contribution in [3.05, 3.63) is 29.3 Å². The number of ether oxygens (including phenoxy) is 2. The highest BCUT2D eigenvalue weighted by Crippen LogP contribution is 2.15. The SMILES string of the molecule is CN=C(N)S(=O)(=O)O.COC(=O)c1ccc(C(=O)OC)c(N)c1. The van der Waals surface area contributed by atoms with Gasteiger partial charge in [-0.2, -0.15) is 8.42 Å². The van der Waals surface area contributed by atoms with Gasteiger partial charge < -0.3 is 20.9 Å². The number of aliphatic imine (C=N–C) groups is 1. The van der Waals surface area contributed by atoms with E-state index < -0.39 is 27.2 Å². The van der Waals surface area contributed by atoms with Crippen LogP contribution in [0.3, 0.4) is 0 Å². The topological polar surface area (TPSA) is 171 Å². The minimum atomic E-state index is -4.23. The summed E-state index contributed by atoms with van der Waals surface area (Å²) in [5.41, 5.74) is 10.9. The number of anilines is 1. The van der Waals surface area contributed by atoms with Gasteiger partial charge in [-0.15, -0.1) is 0 Å². The molecule has 0 saturated carbocycles. The summed E-state index contributed by atoms with van der Waals surface area (Å²) in [7, 11) is -0.525. The van der Waals surface area contributed by atoms with Crippen LogP contribution in [0.5, 0.6) is 0 Å². The Morgan fingerprint density at radius 3 is 2.00 bits per heavy atom. The first-order valence-corrected chi connectivity index (χ1v) is 7.28. The molecule has 0 saturated heterocycles. The maximum Gasteiger partial charge on any atom is 0.339 e. The van der Waals surface area contributed by atoms with E-state index in [1.54, 1.807) is 0 Å². The maximum absolute atomic E-state index is 11.2. The first kappa shape index (κ1) is 20.3. The Kier molecular flexibility index (Phi) is 7.70. The van der Waals surface area contributed by atoms with Gasteiger partial charge in [0, 0.05) is 12.7 Å². The fourth-order valence-corrected chi connectivity index (χ4v) is 1.45. The van der Waals surface area contributed by atoms with Crippen LogP contribution in [0.4, 0.5) is 5.69 Å². The van der Waals surface area contributed by atoms with E-state index in [2.05, 4.69) is 20.2 Å². The van der Waals surface area contributed by atoms with Crippen LogP contribution >= 0.6 is 0 Å². The van der Waals surface area contributed by atoms with Gasteiger partial charge in [-0.25, -0.2) is 9.59 Å². The third kappa shape index (κ3) is 6.32. The third-order valence-corrected chi connectivity index (χ3v) is 3.07. The molecule has 0 aliphatic heterocycles. The summed E-state index contributed by atoms with van der Waals surface area (Å²) in [6.45, 7) is 0. The van der Waals surface area contributed by atoms with Crippen molar-refractivity contribution in [1.82, 2.24) is 0 Å². The molecule has 0 bridgehead atoms. The molecule has 0 heterocycles. The predicted octanol–water partition coefficient (Wildman–Crippen LogP) is -0.339. The lowest BCUT2D eigenvalue weighted by molar-refractivity contribution is 0.0587. The van der Waals surface area contributed by atoms with Crippen LogP contribution in [0.25, 0.3) is 0 Å². The largest absolute Gasteiger partial charge is 0.465 e. The summed E-state index contributed by atoms with van der Waals surface area (Å²) in [6.07, 6.45) is 0. The fraction of sp³-hybridized carbons (Fsp3) is 0.250. The summed E-state index contributed by atoms with van der Waals surface area (Å²) < 4.78 is 36.7. The summed E-state index contributed by atoms with van der Waals surface area (Å²) in [5, 5.41) is -0.766. The Bertz CT molecular complexity index is 713. The van der Waals surface area contributed by atoms with Crippen molar-refractivity contribution >= 4 is 32.9 Å². The van der Waals surface area contributed by atoms with E-state index in [0.717, 1.165) is 0 Å². The zero-order chi connectivity index (χ0) is 18.2. The highest BCUT2D eigenvalue weighted by atomic mass is 32.2. The number of esters is 2. The van der Waals surface area contributed by atoms with Crippen LogP contribution in [0.2, 0.25) is 0 Å². The molecular formula is C12H17N3O7S. The highest BCUT2D eigenvalue weighted by Gasteiger charge is 2.13. The fourth-order valence-electron chi connectivity index (χ4n) is 1.22. The molecule has 1 aromatic carbocycles. The molecule has 0 aromatic heterocycles. The van der Waals surface area contributed by atoms with Gasteiger partial charge in [0.2, 0.25) is 5.17 Å². The van der Waals surface area contributed by atoms with Gasteiger partial charge in [0.25, 0.3) is 0 Å². The average molecular weight is 347 g/mol. The van der Waals surface area contributed by atoms with E-state index in [9.17, 15) is 18.0 Å². The number of carbonyl (C=O) groups is 2. The Morgan fingerprint density at radius 1 is 1.17 bits per heavy atom. The van der Waals surface area contributed by atoms with Crippen LogP contribution in [-0.2, 0) is 19.6 Å². The molecule has 0 amide bonds. The molecule has 0 aliphatic rings. The Hall–Kier alpha value is -2.66. The predicted molar refractivity (Wildman–Crippen MR) is 82.6 cm³/mol. The van der Waals surface area contributed by atoms with Gasteiger partial charge in [0.1, 0.15) is 0 Å². The van der Waals surface area contributed by atoms with Crippen LogP contribution in [-0.4, -0.2) is 51.3 Å². The second-order valence-corrected chi connectivity index (χ2v) is 5.19. The van der Waals surface area contributed by atoms with Gasteiger partial charge in [-0.3, -0.25) is 9.55 Å². The number of nitrogens with two attached hydrogens (primary N) is 2. The van der Waals surface area contributed by atoms with Crippen LogP contribution in [0.1, 0.15) is 20.7 Å². The zero-order valence-corrected chi connectivity index (χ0v) is 13.5. The van der Waals surface area contributed by atoms with Crippen molar-refractivity contribution in [3.8, 4) is 0 Å². The Labute approximate surface area is 132 Å². The van der Waals surface area contributed by atoms with Gasteiger partial charge in [-0.05, 0) is 18.2 Å². The number of methoxy groups -OCH3 is 2. The number of amidine groups is 1. The lowest BCUT2D eigenvalue weighted by Gasteiger charge is -2.05. The summed E-state index contributed by atoms with van der Waals surface area (Å²) in [4.78, 5) is 25.3. The van der Waals surface area contributed by atoms with Crippen molar-refractivity contribution in [2.75, 3.05) is 27.0 Å². The molecule has 0 atom stereocenters. The molecule has 128 valence electrons. The molecular weight excluding hydrogens is 330 g/mol. The first-order chi connectivity index (χ1) is 10.6. The molecule has 0 aliphatic carbocycles. The molecule has 0 radical (unpaired) electrons. The second-order valence-electron chi connectivity index (χ2n) is 3.82. The summed E-state index contributed by atoms with van der Waals surface area (Å²) in [5.74, 6) is -1.04. The molecule has 10 nitrogen and oxygen atoms in total. The van der Waals surface area contributed by atoms with E-state index in [0.29, 0.717) is 5.56 Å². The monoisotopic (exact) mass is 347 g/mol. The van der Waals surface area contributed by atoms with Gasteiger partial charge in [0.05, 0.1) is 25.3 Å². The molecule has 11 heteroatoms. The Morgan fingerprint density at radius 2 is 1.70 bits per heavy atom. The number of nitrogen functional groups attached to an aromatic ring is 1. The number of carbonyl (C=O) groups excluding carboxylic acids is 2. The quantitative estimate of drug-likeness (QED) is 0.213. The van der Waals surface area contributed by atoms with E-state index in [-0.39, 0.29) is 11.3 Å². The minimum Gasteiger partial charge on any atom is -0.465 e. The molecule has 1 aromatic rings. The average Bonchev–Trinajstić information content (AvgIpc) is 2.52. The zero-order valence-electron chi connectivity index (χ0n) is 12.6. The van der Waals surface area contributed by atoms with Crippen LogP contribution < -0.4 is 11.5 Å². The smallest absolute Gasteiger partial charge is 0.339 e. The number of nitrogens with zero attached hydrogens (tertiary/aromatic N) is 1. The van der Waals surface area contributed by atoms with Crippen molar-refractivity contribution < 1.29 is 32.0 Å². The molecule has 0 spiro atoms. The second kappa shape index (κ2) is 8.70. The van der Waals surface area contributed by atoms with Gasteiger partial charge >= 0.3 is 22.1 Å². The summed E-state index contributed by atoms with van der Waals surface area (Å²) >= 11 is 0. The lowest BCUT2D eigenvalue weighted by Crippen LogP contribution is -2.22. The minimum absolute atomic E-state index is 0.185. The molecule has 5 N–H and O–H groups in total. The number of rotatable bonds is 2. The van der Waals surface area contributed by atoms with Gasteiger partial charge in [-0.1, -0.05) is 0 Å². The molecule has 23 heavy (non-hydrogen) atoms. The highest BCUT2D eigenvalue weighted by molar-refractivity contribution is 8.01. The van der Waals surface area contributed by atoms with E-state index in [4.69, 9.17) is 10.3 Å². The Balaban J connectivity index is 0.000000515. The maximum atomic E-state index is 11.2. The molecule has 0 unspecified atom stereocenters. The van der Waals surface area contributed by atoms with Crippen LogP contribution in [0.15, 0.2) is 23.2 Å². The number of benzene rings is 1. The molecule has 1 rings (SSSR count). The van der Waals surface area contributed by atoms with Crippen LogP contribution in [0, 0.1) is 0 Å². The normalized spacial score (nSPS) is 11.0.